The summed E-state index contributed by atoms with van der Waals surface area (Å²) in [7, 11) is 0. The second kappa shape index (κ2) is 3.87. The maximum atomic E-state index is 5.81. The second-order valence-electron chi connectivity index (χ2n) is 4.17. The van der Waals surface area contributed by atoms with E-state index in [9.17, 15) is 0 Å². The van der Waals surface area contributed by atoms with Crippen LogP contribution in [0.3, 0.4) is 0 Å². The number of nitrogens with zero attached hydrogens (tertiary/aromatic N) is 2. The third-order valence-electron chi connectivity index (χ3n) is 2.69. The van der Waals surface area contributed by atoms with E-state index in [1.165, 1.54) is 17.7 Å². The molecule has 0 saturated heterocycles. The minimum absolute atomic E-state index is 0.561. The Morgan fingerprint density at radius 2 is 2.25 bits per heavy atom. The minimum atomic E-state index is 0.561. The van der Waals surface area contributed by atoms with E-state index >= 15 is 0 Å². The standard InChI is InChI=1S/C12H13N3S/c13-11-7-9(6-10-2-1-5-16-10)14-12(15-11)8-3-4-8/h1-2,5,7-8H,3-4,6H2,(H2,13,14,15). The first kappa shape index (κ1) is 9.78. The van der Waals surface area contributed by atoms with Crippen molar-refractivity contribution in [1.82, 2.24) is 9.97 Å². The van der Waals surface area contributed by atoms with Crippen LogP contribution in [0.15, 0.2) is 23.6 Å². The van der Waals surface area contributed by atoms with Crippen molar-refractivity contribution in [3.8, 4) is 0 Å². The maximum Gasteiger partial charge on any atom is 0.134 e. The van der Waals surface area contributed by atoms with Gasteiger partial charge in [0.1, 0.15) is 11.6 Å². The van der Waals surface area contributed by atoms with Crippen LogP contribution in [0.1, 0.15) is 35.2 Å². The molecule has 1 aliphatic rings. The molecule has 0 radical (unpaired) electrons. The van der Waals surface area contributed by atoms with Gasteiger partial charge in [-0.05, 0) is 24.3 Å². The highest BCUT2D eigenvalue weighted by Gasteiger charge is 2.27. The van der Waals surface area contributed by atoms with Gasteiger partial charge < -0.3 is 5.73 Å². The van der Waals surface area contributed by atoms with Crippen LogP contribution >= 0.6 is 11.3 Å². The maximum absolute atomic E-state index is 5.81. The van der Waals surface area contributed by atoms with Gasteiger partial charge >= 0.3 is 0 Å². The molecule has 2 N–H and O–H groups in total. The van der Waals surface area contributed by atoms with Crippen LogP contribution in [-0.4, -0.2) is 9.97 Å². The monoisotopic (exact) mass is 231 g/mol. The lowest BCUT2D eigenvalue weighted by molar-refractivity contribution is 0.895. The highest BCUT2D eigenvalue weighted by Crippen LogP contribution is 2.38. The van der Waals surface area contributed by atoms with Crippen molar-refractivity contribution >= 4 is 17.2 Å². The van der Waals surface area contributed by atoms with Gasteiger partial charge in [-0.25, -0.2) is 9.97 Å². The Labute approximate surface area is 98.4 Å². The predicted molar refractivity (Wildman–Crippen MR) is 65.5 cm³/mol. The van der Waals surface area contributed by atoms with Crippen molar-refractivity contribution in [3.63, 3.8) is 0 Å². The summed E-state index contributed by atoms with van der Waals surface area (Å²) in [6.07, 6.45) is 3.29. The Kier molecular flexibility index (Phi) is 2.36. The molecule has 3 rings (SSSR count). The summed E-state index contributed by atoms with van der Waals surface area (Å²) in [6, 6.07) is 6.07. The van der Waals surface area contributed by atoms with Crippen LogP contribution in [0.4, 0.5) is 5.82 Å². The molecule has 2 aromatic rings. The molecule has 1 fully saturated rings. The first-order chi connectivity index (χ1) is 7.81. The van der Waals surface area contributed by atoms with Gasteiger partial charge in [0, 0.05) is 23.3 Å². The number of nitrogens with two attached hydrogens (primary N) is 1. The Balaban J connectivity index is 1.88. The molecule has 2 aromatic heterocycles. The number of anilines is 1. The van der Waals surface area contributed by atoms with Gasteiger partial charge in [-0.1, -0.05) is 6.07 Å². The Hall–Kier alpha value is -1.42. The van der Waals surface area contributed by atoms with Gasteiger partial charge in [0.2, 0.25) is 0 Å². The zero-order valence-electron chi connectivity index (χ0n) is 8.89. The minimum Gasteiger partial charge on any atom is -0.384 e. The van der Waals surface area contributed by atoms with Crippen molar-refractivity contribution in [1.29, 1.82) is 0 Å². The van der Waals surface area contributed by atoms with Gasteiger partial charge in [-0.15, -0.1) is 11.3 Å². The third kappa shape index (κ3) is 2.07. The SMILES string of the molecule is Nc1cc(Cc2cccs2)nc(C2CC2)n1. The number of nitrogen functional groups attached to an aromatic ring is 1. The lowest BCUT2D eigenvalue weighted by atomic mass is 10.2. The molecule has 1 saturated carbocycles. The fourth-order valence-corrected chi connectivity index (χ4v) is 2.47. The van der Waals surface area contributed by atoms with Gasteiger partial charge in [-0.2, -0.15) is 0 Å². The summed E-state index contributed by atoms with van der Waals surface area (Å²) >= 11 is 1.75. The molecule has 0 aliphatic heterocycles. The van der Waals surface area contributed by atoms with Crippen molar-refractivity contribution in [2.75, 3.05) is 5.73 Å². The zero-order valence-corrected chi connectivity index (χ0v) is 9.70. The average molecular weight is 231 g/mol. The van der Waals surface area contributed by atoms with Crippen LogP contribution in [0, 0.1) is 0 Å². The van der Waals surface area contributed by atoms with Crippen molar-refractivity contribution < 1.29 is 0 Å². The third-order valence-corrected chi connectivity index (χ3v) is 3.57. The van der Waals surface area contributed by atoms with E-state index in [2.05, 4.69) is 27.5 Å². The average Bonchev–Trinajstić information content (AvgIpc) is 2.98. The molecular weight excluding hydrogens is 218 g/mol. The lowest BCUT2D eigenvalue weighted by Gasteiger charge is -2.03. The Morgan fingerprint density at radius 3 is 2.94 bits per heavy atom. The second-order valence-corrected chi connectivity index (χ2v) is 5.21. The summed E-state index contributed by atoms with van der Waals surface area (Å²) in [5, 5.41) is 2.09. The van der Waals surface area contributed by atoms with Crippen LogP contribution in [0.5, 0.6) is 0 Å². The summed E-state index contributed by atoms with van der Waals surface area (Å²) < 4.78 is 0. The zero-order chi connectivity index (χ0) is 11.0. The molecule has 1 aliphatic carbocycles. The summed E-state index contributed by atoms with van der Waals surface area (Å²) in [6.45, 7) is 0. The largest absolute Gasteiger partial charge is 0.384 e. The van der Waals surface area contributed by atoms with Gasteiger partial charge in [-0.3, -0.25) is 0 Å². The first-order valence-corrected chi connectivity index (χ1v) is 6.35. The number of aromatic nitrogens is 2. The van der Waals surface area contributed by atoms with Crippen LogP contribution in [0.2, 0.25) is 0 Å². The summed E-state index contributed by atoms with van der Waals surface area (Å²) in [4.78, 5) is 10.2. The number of thiophene rings is 1. The molecule has 2 heterocycles. The first-order valence-electron chi connectivity index (χ1n) is 5.47. The molecule has 0 spiro atoms. The normalized spacial score (nSPS) is 15.2. The molecule has 0 aromatic carbocycles. The van der Waals surface area contributed by atoms with Gasteiger partial charge in [0.15, 0.2) is 0 Å². The van der Waals surface area contributed by atoms with Gasteiger partial charge in [0.25, 0.3) is 0 Å². The van der Waals surface area contributed by atoms with E-state index in [-0.39, 0.29) is 0 Å². The molecule has 4 heteroatoms. The van der Waals surface area contributed by atoms with Crippen molar-refractivity contribution in [2.24, 2.45) is 0 Å². The van der Waals surface area contributed by atoms with Crippen LogP contribution < -0.4 is 5.73 Å². The van der Waals surface area contributed by atoms with Crippen LogP contribution in [-0.2, 0) is 6.42 Å². The van der Waals surface area contributed by atoms with E-state index in [0.29, 0.717) is 11.7 Å². The molecular formula is C12H13N3S. The molecule has 16 heavy (non-hydrogen) atoms. The lowest BCUT2D eigenvalue weighted by Crippen LogP contribution is -2.02. The summed E-state index contributed by atoms with van der Waals surface area (Å²) in [5.74, 6) is 2.10. The number of rotatable bonds is 3. The van der Waals surface area contributed by atoms with E-state index in [1.807, 2.05) is 6.07 Å². The smallest absolute Gasteiger partial charge is 0.134 e. The molecule has 0 bridgehead atoms. The van der Waals surface area contributed by atoms with E-state index in [4.69, 9.17) is 5.73 Å². The Morgan fingerprint density at radius 1 is 1.38 bits per heavy atom. The van der Waals surface area contributed by atoms with Crippen molar-refractivity contribution in [3.05, 3.63) is 40.0 Å². The number of hydrogen-bond acceptors (Lipinski definition) is 4. The highest BCUT2D eigenvalue weighted by atomic mass is 32.1. The van der Waals surface area contributed by atoms with E-state index in [1.54, 1.807) is 11.3 Å². The molecule has 0 unspecified atom stereocenters. The molecule has 3 nitrogen and oxygen atoms in total. The van der Waals surface area contributed by atoms with Crippen molar-refractivity contribution in [2.45, 2.75) is 25.2 Å². The number of hydrogen-bond donors (Lipinski definition) is 1. The predicted octanol–water partition coefficient (Wildman–Crippen LogP) is 2.59. The fraction of sp³-hybridized carbons (Fsp3) is 0.333. The highest BCUT2D eigenvalue weighted by molar-refractivity contribution is 7.09. The molecule has 82 valence electrons. The van der Waals surface area contributed by atoms with Gasteiger partial charge in [0.05, 0.1) is 5.69 Å². The van der Waals surface area contributed by atoms with E-state index in [0.717, 1.165) is 17.9 Å². The quantitative estimate of drug-likeness (QED) is 0.883. The topological polar surface area (TPSA) is 51.8 Å². The molecule has 0 atom stereocenters. The van der Waals surface area contributed by atoms with Crippen LogP contribution in [0.25, 0.3) is 0 Å². The van der Waals surface area contributed by atoms with E-state index < -0.39 is 0 Å². The fourth-order valence-electron chi connectivity index (χ4n) is 1.75. The Bertz CT molecular complexity index is 489. The summed E-state index contributed by atoms with van der Waals surface area (Å²) in [5.41, 5.74) is 6.84. The molecule has 0 amide bonds.